The Labute approximate surface area is 178 Å². The highest BCUT2D eigenvalue weighted by Gasteiger charge is 2.12. The molecule has 150 valence electrons. The van der Waals surface area contributed by atoms with E-state index in [9.17, 15) is 9.18 Å². The summed E-state index contributed by atoms with van der Waals surface area (Å²) in [6.07, 6.45) is 3.69. The summed E-state index contributed by atoms with van der Waals surface area (Å²) in [6, 6.07) is 21.8. The maximum atomic E-state index is 13.2. The standard InChI is InChI=1S/C24H19ClFN3O/c25-23-14-20(26)10-11-22(23)24(30)27-15-19-4-1-2-5-21(19)18-8-6-17(7-9-18)16-29-13-3-12-28-29/h1-14H,15-16H2,(H,27,30). The maximum Gasteiger partial charge on any atom is 0.253 e. The third kappa shape index (κ3) is 4.58. The summed E-state index contributed by atoms with van der Waals surface area (Å²) in [7, 11) is 0. The summed E-state index contributed by atoms with van der Waals surface area (Å²) in [5.41, 5.74) is 4.47. The predicted molar refractivity (Wildman–Crippen MR) is 116 cm³/mol. The van der Waals surface area contributed by atoms with Crippen LogP contribution in [0.4, 0.5) is 4.39 Å². The normalized spacial score (nSPS) is 10.7. The first-order chi connectivity index (χ1) is 14.6. The molecule has 6 heteroatoms. The third-order valence-corrected chi connectivity index (χ3v) is 5.11. The quantitative estimate of drug-likeness (QED) is 0.459. The number of hydrogen-bond donors (Lipinski definition) is 1. The summed E-state index contributed by atoms with van der Waals surface area (Å²) in [5.74, 6) is -0.817. The van der Waals surface area contributed by atoms with E-state index >= 15 is 0 Å². The number of carbonyl (C=O) groups excluding carboxylic acids is 1. The molecule has 0 aliphatic heterocycles. The third-order valence-electron chi connectivity index (χ3n) is 4.80. The molecular formula is C24H19ClFN3O. The first kappa shape index (κ1) is 19.9. The molecule has 0 bridgehead atoms. The molecule has 0 atom stereocenters. The molecule has 3 aromatic carbocycles. The first-order valence-electron chi connectivity index (χ1n) is 9.48. The lowest BCUT2D eigenvalue weighted by atomic mass is 9.98. The van der Waals surface area contributed by atoms with Gasteiger partial charge in [0.15, 0.2) is 0 Å². The van der Waals surface area contributed by atoms with Crippen LogP contribution in [-0.2, 0) is 13.1 Å². The molecule has 0 aliphatic rings. The molecule has 4 aromatic rings. The van der Waals surface area contributed by atoms with Gasteiger partial charge in [-0.25, -0.2) is 4.39 Å². The molecule has 0 saturated carbocycles. The zero-order valence-electron chi connectivity index (χ0n) is 16.1. The van der Waals surface area contributed by atoms with E-state index in [1.54, 1.807) is 6.20 Å². The second kappa shape index (κ2) is 8.93. The van der Waals surface area contributed by atoms with Crippen molar-refractivity contribution < 1.29 is 9.18 Å². The van der Waals surface area contributed by atoms with Gasteiger partial charge in [0.25, 0.3) is 5.91 Å². The molecule has 0 unspecified atom stereocenters. The van der Waals surface area contributed by atoms with Crippen LogP contribution in [0.15, 0.2) is 85.2 Å². The van der Waals surface area contributed by atoms with Gasteiger partial charge in [0.2, 0.25) is 0 Å². The van der Waals surface area contributed by atoms with Crippen LogP contribution in [-0.4, -0.2) is 15.7 Å². The second-order valence-corrected chi connectivity index (χ2v) is 7.27. The summed E-state index contributed by atoms with van der Waals surface area (Å²) < 4.78 is 15.1. The smallest absolute Gasteiger partial charge is 0.253 e. The van der Waals surface area contributed by atoms with E-state index in [1.807, 2.05) is 41.2 Å². The topological polar surface area (TPSA) is 46.9 Å². The van der Waals surface area contributed by atoms with Crippen LogP contribution in [0.5, 0.6) is 0 Å². The van der Waals surface area contributed by atoms with Gasteiger partial charge in [-0.05, 0) is 46.5 Å². The summed E-state index contributed by atoms with van der Waals surface area (Å²) in [4.78, 5) is 12.5. The molecule has 0 fully saturated rings. The Balaban J connectivity index is 1.49. The number of amides is 1. The molecule has 0 spiro atoms. The lowest BCUT2D eigenvalue weighted by molar-refractivity contribution is 0.0951. The zero-order valence-corrected chi connectivity index (χ0v) is 16.8. The number of rotatable bonds is 6. The van der Waals surface area contributed by atoms with Crippen LogP contribution in [0.1, 0.15) is 21.5 Å². The summed E-state index contributed by atoms with van der Waals surface area (Å²) in [6.45, 7) is 1.04. The molecule has 30 heavy (non-hydrogen) atoms. The Morgan fingerprint density at radius 2 is 1.83 bits per heavy atom. The van der Waals surface area contributed by atoms with Gasteiger partial charge >= 0.3 is 0 Å². The Morgan fingerprint density at radius 3 is 2.57 bits per heavy atom. The van der Waals surface area contributed by atoms with E-state index in [-0.39, 0.29) is 16.5 Å². The number of aromatic nitrogens is 2. The Bertz CT molecular complexity index is 1160. The number of nitrogens with one attached hydrogen (secondary N) is 1. The van der Waals surface area contributed by atoms with Crippen molar-refractivity contribution in [1.82, 2.24) is 15.1 Å². The fourth-order valence-corrected chi connectivity index (χ4v) is 3.52. The van der Waals surface area contributed by atoms with Gasteiger partial charge in [0.05, 0.1) is 17.1 Å². The van der Waals surface area contributed by atoms with Crippen LogP contribution in [0.2, 0.25) is 5.02 Å². The lowest BCUT2D eigenvalue weighted by Gasteiger charge is -2.12. The van der Waals surface area contributed by atoms with Crippen molar-refractivity contribution >= 4 is 17.5 Å². The van der Waals surface area contributed by atoms with Gasteiger partial charge < -0.3 is 5.32 Å². The minimum absolute atomic E-state index is 0.0913. The molecule has 0 radical (unpaired) electrons. The van der Waals surface area contributed by atoms with Crippen molar-refractivity contribution in [1.29, 1.82) is 0 Å². The highest BCUT2D eigenvalue weighted by molar-refractivity contribution is 6.33. The van der Waals surface area contributed by atoms with Crippen molar-refractivity contribution in [3.63, 3.8) is 0 Å². The lowest BCUT2D eigenvalue weighted by Crippen LogP contribution is -2.23. The van der Waals surface area contributed by atoms with Gasteiger partial charge in [0.1, 0.15) is 5.82 Å². The summed E-state index contributed by atoms with van der Waals surface area (Å²) in [5, 5.41) is 7.19. The second-order valence-electron chi connectivity index (χ2n) is 6.86. The van der Waals surface area contributed by atoms with Gasteiger partial charge in [-0.2, -0.15) is 5.10 Å². The molecule has 1 amide bonds. The van der Waals surface area contributed by atoms with Gasteiger partial charge in [-0.15, -0.1) is 0 Å². The Kier molecular flexibility index (Phi) is 5.91. The largest absolute Gasteiger partial charge is 0.348 e. The zero-order chi connectivity index (χ0) is 20.9. The summed E-state index contributed by atoms with van der Waals surface area (Å²) >= 11 is 5.99. The average Bonchev–Trinajstić information content (AvgIpc) is 3.26. The van der Waals surface area contributed by atoms with Crippen LogP contribution in [0.3, 0.4) is 0 Å². The first-order valence-corrected chi connectivity index (χ1v) is 9.86. The number of benzene rings is 3. The fraction of sp³-hybridized carbons (Fsp3) is 0.0833. The van der Waals surface area contributed by atoms with Gasteiger partial charge in [-0.1, -0.05) is 60.1 Å². The number of hydrogen-bond acceptors (Lipinski definition) is 2. The van der Waals surface area contributed by atoms with Crippen LogP contribution >= 0.6 is 11.6 Å². The Morgan fingerprint density at radius 1 is 1.03 bits per heavy atom. The number of halogens is 2. The van der Waals surface area contributed by atoms with E-state index in [1.165, 1.54) is 12.1 Å². The van der Waals surface area contributed by atoms with E-state index in [2.05, 4.69) is 34.7 Å². The minimum atomic E-state index is -0.474. The molecular weight excluding hydrogens is 401 g/mol. The number of carbonyl (C=O) groups is 1. The van der Waals surface area contributed by atoms with Crippen LogP contribution in [0, 0.1) is 5.82 Å². The van der Waals surface area contributed by atoms with Crippen molar-refractivity contribution in [2.75, 3.05) is 0 Å². The highest BCUT2D eigenvalue weighted by Crippen LogP contribution is 2.25. The maximum absolute atomic E-state index is 13.2. The van der Waals surface area contributed by atoms with Crippen molar-refractivity contribution in [3.05, 3.63) is 113 Å². The van der Waals surface area contributed by atoms with E-state index in [0.717, 1.165) is 28.3 Å². The average molecular weight is 420 g/mol. The van der Waals surface area contributed by atoms with Gasteiger partial charge in [0, 0.05) is 18.9 Å². The minimum Gasteiger partial charge on any atom is -0.348 e. The van der Waals surface area contributed by atoms with E-state index in [0.29, 0.717) is 13.1 Å². The van der Waals surface area contributed by atoms with E-state index in [4.69, 9.17) is 11.6 Å². The molecule has 0 aliphatic carbocycles. The predicted octanol–water partition coefficient (Wildman–Crippen LogP) is 5.32. The molecule has 1 heterocycles. The van der Waals surface area contributed by atoms with Crippen molar-refractivity contribution in [2.24, 2.45) is 0 Å². The molecule has 1 aromatic heterocycles. The van der Waals surface area contributed by atoms with Gasteiger partial charge in [-0.3, -0.25) is 9.48 Å². The van der Waals surface area contributed by atoms with Crippen molar-refractivity contribution in [3.8, 4) is 11.1 Å². The molecule has 4 rings (SSSR count). The highest BCUT2D eigenvalue weighted by atomic mass is 35.5. The molecule has 0 saturated heterocycles. The SMILES string of the molecule is O=C(NCc1ccccc1-c1ccc(Cn2cccn2)cc1)c1ccc(F)cc1Cl. The van der Waals surface area contributed by atoms with E-state index < -0.39 is 5.82 Å². The molecule has 1 N–H and O–H groups in total. The monoisotopic (exact) mass is 419 g/mol. The Hall–Kier alpha value is -3.44. The van der Waals surface area contributed by atoms with Crippen LogP contribution < -0.4 is 5.32 Å². The van der Waals surface area contributed by atoms with Crippen molar-refractivity contribution in [2.45, 2.75) is 13.1 Å². The fourth-order valence-electron chi connectivity index (χ4n) is 3.27. The molecule has 4 nitrogen and oxygen atoms in total. The number of nitrogens with zero attached hydrogens (tertiary/aromatic N) is 2. The van der Waals surface area contributed by atoms with Crippen LogP contribution in [0.25, 0.3) is 11.1 Å².